The van der Waals surface area contributed by atoms with Crippen molar-refractivity contribution in [3.63, 3.8) is 0 Å². The Kier molecular flexibility index (Phi) is 3.51. The lowest BCUT2D eigenvalue weighted by atomic mass is 10.0. The topological polar surface area (TPSA) is 38.3 Å². The van der Waals surface area contributed by atoms with Gasteiger partial charge in [0.25, 0.3) is 0 Å². The molecule has 0 aliphatic carbocycles. The molecule has 0 amide bonds. The van der Waals surface area contributed by atoms with Crippen LogP contribution in [-0.4, -0.2) is 19.1 Å². The number of hydrogen-bond acceptors (Lipinski definition) is 3. The van der Waals surface area contributed by atoms with Gasteiger partial charge < -0.3 is 10.1 Å². The van der Waals surface area contributed by atoms with Gasteiger partial charge in [0.1, 0.15) is 6.61 Å². The molecule has 7 heteroatoms. The number of esters is 1. The molecule has 0 unspecified atom stereocenters. The number of nitrogens with one attached hydrogen (secondary N) is 1. The minimum atomic E-state index is -1.91. The maximum absolute atomic E-state index is 13.2. The second kappa shape index (κ2) is 4.93. The molecule has 1 aliphatic rings. The number of carbonyl (C=O) groups is 1. The lowest BCUT2D eigenvalue weighted by Gasteiger charge is -2.24. The zero-order chi connectivity index (χ0) is 13.3. The van der Waals surface area contributed by atoms with Crippen molar-refractivity contribution in [2.75, 3.05) is 13.1 Å². The minimum absolute atomic E-state index is 0.330. The molecule has 1 aromatic rings. The summed E-state index contributed by atoms with van der Waals surface area (Å²) in [6.07, 6.45) is 0. The average Bonchev–Trinajstić information content (AvgIpc) is 2.27. The summed E-state index contributed by atoms with van der Waals surface area (Å²) in [6.45, 7) is 0.274. The molecule has 1 heterocycles. The summed E-state index contributed by atoms with van der Waals surface area (Å²) in [5, 5.41) is 2.83. The van der Waals surface area contributed by atoms with E-state index in [0.29, 0.717) is 19.2 Å². The van der Waals surface area contributed by atoms with Crippen molar-refractivity contribution in [3.05, 3.63) is 34.9 Å². The van der Waals surface area contributed by atoms with E-state index in [0.717, 1.165) is 0 Å². The minimum Gasteiger partial charge on any atom is -0.460 e. The maximum atomic E-state index is 13.2. The summed E-state index contributed by atoms with van der Waals surface area (Å²) in [4.78, 5) is 11.3. The van der Waals surface area contributed by atoms with Gasteiger partial charge in [-0.2, -0.15) is 0 Å². The molecule has 1 aliphatic heterocycles. The molecule has 0 spiro atoms. The van der Waals surface area contributed by atoms with Gasteiger partial charge in [0.15, 0.2) is 23.3 Å². The van der Waals surface area contributed by atoms with Gasteiger partial charge in [0.05, 0.1) is 5.92 Å². The Morgan fingerprint density at radius 1 is 1.22 bits per heavy atom. The van der Waals surface area contributed by atoms with E-state index in [2.05, 4.69) is 10.1 Å². The molecule has 3 nitrogen and oxygen atoms in total. The van der Waals surface area contributed by atoms with E-state index in [4.69, 9.17) is 0 Å². The third kappa shape index (κ3) is 2.31. The summed E-state index contributed by atoms with van der Waals surface area (Å²) in [5.41, 5.74) is -0.535. The molecule has 0 bridgehead atoms. The van der Waals surface area contributed by atoms with Gasteiger partial charge in [0.2, 0.25) is 0 Å². The highest BCUT2D eigenvalue weighted by molar-refractivity contribution is 5.74. The Labute approximate surface area is 99.7 Å². The molecule has 2 rings (SSSR count). The smallest absolute Gasteiger partial charge is 0.311 e. The summed E-state index contributed by atoms with van der Waals surface area (Å²) in [6, 6.07) is 0.472. The average molecular weight is 263 g/mol. The van der Waals surface area contributed by atoms with Crippen LogP contribution in [0.15, 0.2) is 6.07 Å². The summed E-state index contributed by atoms with van der Waals surface area (Å²) >= 11 is 0. The van der Waals surface area contributed by atoms with Crippen LogP contribution in [0, 0.1) is 29.2 Å². The largest absolute Gasteiger partial charge is 0.460 e. The number of ether oxygens (including phenoxy) is 1. The van der Waals surface area contributed by atoms with Crippen LogP contribution in [0.5, 0.6) is 0 Å². The third-order valence-electron chi connectivity index (χ3n) is 2.66. The van der Waals surface area contributed by atoms with E-state index >= 15 is 0 Å². The molecule has 1 fully saturated rings. The number of halogens is 4. The predicted molar refractivity (Wildman–Crippen MR) is 52.4 cm³/mol. The molecule has 1 saturated heterocycles. The zero-order valence-corrected chi connectivity index (χ0v) is 9.10. The molecule has 1 aromatic carbocycles. The van der Waals surface area contributed by atoms with Crippen LogP contribution < -0.4 is 5.32 Å². The summed E-state index contributed by atoms with van der Waals surface area (Å²) in [5.74, 6) is -7.78. The van der Waals surface area contributed by atoms with Crippen LogP contribution in [0.3, 0.4) is 0 Å². The number of benzene rings is 1. The van der Waals surface area contributed by atoms with Gasteiger partial charge >= 0.3 is 5.97 Å². The van der Waals surface area contributed by atoms with Gasteiger partial charge in [-0.3, -0.25) is 4.79 Å². The maximum Gasteiger partial charge on any atom is 0.311 e. The van der Waals surface area contributed by atoms with Gasteiger partial charge in [0, 0.05) is 18.7 Å². The van der Waals surface area contributed by atoms with Gasteiger partial charge in [-0.05, 0) is 6.07 Å². The van der Waals surface area contributed by atoms with Gasteiger partial charge in [-0.25, -0.2) is 17.6 Å². The van der Waals surface area contributed by atoms with Crippen LogP contribution in [0.4, 0.5) is 17.6 Å². The number of hydrogen-bond donors (Lipinski definition) is 1. The molecule has 98 valence electrons. The highest BCUT2D eigenvalue weighted by Gasteiger charge is 2.27. The van der Waals surface area contributed by atoms with Crippen molar-refractivity contribution in [3.8, 4) is 0 Å². The van der Waals surface area contributed by atoms with Gasteiger partial charge in [-0.15, -0.1) is 0 Å². The highest BCUT2D eigenvalue weighted by Crippen LogP contribution is 2.20. The molecule has 1 N–H and O–H groups in total. The predicted octanol–water partition coefficient (Wildman–Crippen LogP) is 1.51. The molecular weight excluding hydrogens is 254 g/mol. The van der Waals surface area contributed by atoms with Crippen LogP contribution >= 0.6 is 0 Å². The normalized spacial score (nSPS) is 15.3. The summed E-state index contributed by atoms with van der Waals surface area (Å²) in [7, 11) is 0. The molecule has 18 heavy (non-hydrogen) atoms. The highest BCUT2D eigenvalue weighted by atomic mass is 19.2. The van der Waals surface area contributed by atoms with Crippen molar-refractivity contribution in [1.82, 2.24) is 5.32 Å². The van der Waals surface area contributed by atoms with Crippen LogP contribution in [0.25, 0.3) is 0 Å². The fourth-order valence-corrected chi connectivity index (χ4v) is 1.45. The Hall–Kier alpha value is -1.63. The fourth-order valence-electron chi connectivity index (χ4n) is 1.45. The van der Waals surface area contributed by atoms with E-state index < -0.39 is 41.4 Å². The van der Waals surface area contributed by atoms with Crippen LogP contribution in [0.1, 0.15) is 5.56 Å². The van der Waals surface area contributed by atoms with E-state index in [9.17, 15) is 22.4 Å². The first-order valence-corrected chi connectivity index (χ1v) is 5.20. The van der Waals surface area contributed by atoms with Crippen molar-refractivity contribution < 1.29 is 27.1 Å². The summed E-state index contributed by atoms with van der Waals surface area (Å²) < 4.78 is 56.3. The zero-order valence-electron chi connectivity index (χ0n) is 9.10. The van der Waals surface area contributed by atoms with E-state index in [1.54, 1.807) is 0 Å². The van der Waals surface area contributed by atoms with Crippen molar-refractivity contribution in [2.24, 2.45) is 5.92 Å². The first-order valence-electron chi connectivity index (χ1n) is 5.20. The Morgan fingerprint density at radius 2 is 1.89 bits per heavy atom. The van der Waals surface area contributed by atoms with E-state index in [1.807, 2.05) is 0 Å². The lowest BCUT2D eigenvalue weighted by Crippen LogP contribution is -2.47. The Balaban J connectivity index is 2.07. The van der Waals surface area contributed by atoms with Crippen molar-refractivity contribution in [1.29, 1.82) is 0 Å². The standard InChI is InChI=1S/C11H9F4NO2/c12-7-1-5(8(13)10(15)9(7)14)4-18-11(17)6-2-16-3-6/h1,6,16H,2-4H2. The first kappa shape index (κ1) is 12.8. The second-order valence-electron chi connectivity index (χ2n) is 3.92. The second-order valence-corrected chi connectivity index (χ2v) is 3.92. The van der Waals surface area contributed by atoms with E-state index in [1.165, 1.54) is 0 Å². The number of rotatable bonds is 3. The first-order chi connectivity index (χ1) is 8.50. The Morgan fingerprint density at radius 3 is 2.44 bits per heavy atom. The number of carbonyl (C=O) groups excluding carboxylic acids is 1. The molecule has 0 saturated carbocycles. The van der Waals surface area contributed by atoms with Crippen LogP contribution in [-0.2, 0) is 16.1 Å². The van der Waals surface area contributed by atoms with Crippen molar-refractivity contribution >= 4 is 5.97 Å². The molecule has 0 radical (unpaired) electrons. The quantitative estimate of drug-likeness (QED) is 0.389. The molecule has 0 atom stereocenters. The fraction of sp³-hybridized carbons (Fsp3) is 0.364. The van der Waals surface area contributed by atoms with Gasteiger partial charge in [-0.1, -0.05) is 0 Å². The Bertz CT molecular complexity index is 488. The molecular formula is C11H9F4NO2. The third-order valence-corrected chi connectivity index (χ3v) is 2.66. The van der Waals surface area contributed by atoms with Crippen molar-refractivity contribution in [2.45, 2.75) is 6.61 Å². The van der Waals surface area contributed by atoms with Crippen LogP contribution in [0.2, 0.25) is 0 Å². The monoisotopic (exact) mass is 263 g/mol. The SMILES string of the molecule is O=C(OCc1cc(F)c(F)c(F)c1F)C1CNC1. The molecule has 0 aromatic heterocycles. The lowest BCUT2D eigenvalue weighted by molar-refractivity contribution is -0.151. The van der Waals surface area contributed by atoms with E-state index in [-0.39, 0.29) is 5.92 Å².